The molecule has 0 radical (unpaired) electrons. The molecule has 1 aromatic rings. The van der Waals surface area contributed by atoms with Crippen molar-refractivity contribution in [3.05, 3.63) is 18.0 Å². The molecule has 0 saturated heterocycles. The molecule has 96 valence electrons. The lowest BCUT2D eigenvalue weighted by Gasteiger charge is -2.25. The molecule has 1 saturated carbocycles. The fourth-order valence-corrected chi connectivity index (χ4v) is 2.47. The van der Waals surface area contributed by atoms with Crippen molar-refractivity contribution < 1.29 is 0 Å². The van der Waals surface area contributed by atoms with E-state index in [1.54, 1.807) is 0 Å². The van der Waals surface area contributed by atoms with Crippen LogP contribution in [0.3, 0.4) is 0 Å². The summed E-state index contributed by atoms with van der Waals surface area (Å²) in [6.07, 6.45) is 9.48. The Morgan fingerprint density at radius 1 is 1.35 bits per heavy atom. The SMILES string of the molecule is CC1(NCc2cnn(C(C)(C)C)c2)CCCC1. The van der Waals surface area contributed by atoms with Crippen LogP contribution >= 0.6 is 0 Å². The predicted octanol–water partition coefficient (Wildman–Crippen LogP) is 3.06. The van der Waals surface area contributed by atoms with Gasteiger partial charge in [-0.15, -0.1) is 0 Å². The fourth-order valence-electron chi connectivity index (χ4n) is 2.47. The molecule has 1 N–H and O–H groups in total. The third-order valence-corrected chi connectivity index (χ3v) is 3.75. The Kier molecular flexibility index (Phi) is 3.30. The van der Waals surface area contributed by atoms with Crippen LogP contribution in [0.25, 0.3) is 0 Å². The largest absolute Gasteiger partial charge is 0.307 e. The lowest BCUT2D eigenvalue weighted by atomic mass is 10.0. The Morgan fingerprint density at radius 2 is 2.00 bits per heavy atom. The van der Waals surface area contributed by atoms with Gasteiger partial charge in [-0.3, -0.25) is 4.68 Å². The van der Waals surface area contributed by atoms with Crippen molar-refractivity contribution in [2.75, 3.05) is 0 Å². The van der Waals surface area contributed by atoms with E-state index in [1.165, 1.54) is 31.2 Å². The molecule has 2 rings (SSSR count). The molecular weight excluding hydrogens is 210 g/mol. The quantitative estimate of drug-likeness (QED) is 0.872. The van der Waals surface area contributed by atoms with E-state index in [4.69, 9.17) is 0 Å². The average molecular weight is 235 g/mol. The highest BCUT2D eigenvalue weighted by atomic mass is 15.3. The van der Waals surface area contributed by atoms with Gasteiger partial charge in [-0.05, 0) is 40.5 Å². The highest BCUT2D eigenvalue weighted by Crippen LogP contribution is 2.29. The molecule has 0 amide bonds. The predicted molar refractivity (Wildman–Crippen MR) is 70.9 cm³/mol. The second-order valence-corrected chi connectivity index (χ2v) is 6.59. The summed E-state index contributed by atoms with van der Waals surface area (Å²) in [5.74, 6) is 0. The number of nitrogens with zero attached hydrogens (tertiary/aromatic N) is 2. The Balaban J connectivity index is 1.93. The van der Waals surface area contributed by atoms with Crippen molar-refractivity contribution in [2.24, 2.45) is 0 Å². The molecule has 1 aromatic heterocycles. The first-order valence-electron chi connectivity index (χ1n) is 6.68. The minimum Gasteiger partial charge on any atom is -0.307 e. The zero-order valence-corrected chi connectivity index (χ0v) is 11.6. The van der Waals surface area contributed by atoms with Gasteiger partial charge >= 0.3 is 0 Å². The van der Waals surface area contributed by atoms with Crippen molar-refractivity contribution in [3.8, 4) is 0 Å². The molecule has 3 nitrogen and oxygen atoms in total. The number of nitrogens with one attached hydrogen (secondary N) is 1. The van der Waals surface area contributed by atoms with Crippen LogP contribution in [0.15, 0.2) is 12.4 Å². The molecule has 1 heterocycles. The van der Waals surface area contributed by atoms with Gasteiger partial charge in [-0.25, -0.2) is 0 Å². The van der Waals surface area contributed by atoms with Crippen LogP contribution in [0.5, 0.6) is 0 Å². The van der Waals surface area contributed by atoms with Crippen LogP contribution in [0.4, 0.5) is 0 Å². The monoisotopic (exact) mass is 235 g/mol. The van der Waals surface area contributed by atoms with E-state index < -0.39 is 0 Å². The van der Waals surface area contributed by atoms with Crippen molar-refractivity contribution in [1.29, 1.82) is 0 Å². The van der Waals surface area contributed by atoms with Crippen molar-refractivity contribution in [3.63, 3.8) is 0 Å². The first-order chi connectivity index (χ1) is 7.89. The topological polar surface area (TPSA) is 29.9 Å². The smallest absolute Gasteiger partial charge is 0.0543 e. The zero-order chi connectivity index (χ0) is 12.5. The molecule has 1 fully saturated rings. The molecule has 0 bridgehead atoms. The summed E-state index contributed by atoms with van der Waals surface area (Å²) in [4.78, 5) is 0. The first-order valence-corrected chi connectivity index (χ1v) is 6.68. The molecule has 0 aliphatic heterocycles. The molecule has 0 spiro atoms. The number of rotatable bonds is 3. The van der Waals surface area contributed by atoms with Crippen LogP contribution in [0.2, 0.25) is 0 Å². The fraction of sp³-hybridized carbons (Fsp3) is 0.786. The van der Waals surface area contributed by atoms with Gasteiger partial charge < -0.3 is 5.32 Å². The van der Waals surface area contributed by atoms with E-state index in [9.17, 15) is 0 Å². The molecule has 17 heavy (non-hydrogen) atoms. The lowest BCUT2D eigenvalue weighted by molar-refractivity contribution is 0.352. The maximum absolute atomic E-state index is 4.43. The Hall–Kier alpha value is -0.830. The van der Waals surface area contributed by atoms with Gasteiger partial charge in [0.05, 0.1) is 11.7 Å². The summed E-state index contributed by atoms with van der Waals surface area (Å²) in [7, 11) is 0. The van der Waals surface area contributed by atoms with Crippen molar-refractivity contribution in [1.82, 2.24) is 15.1 Å². The normalized spacial score (nSPS) is 19.8. The third kappa shape index (κ3) is 3.09. The zero-order valence-electron chi connectivity index (χ0n) is 11.6. The standard InChI is InChI=1S/C14H25N3/c1-13(2,3)17-11-12(10-16-17)9-15-14(4)7-5-6-8-14/h10-11,15H,5-9H2,1-4H3. The number of aromatic nitrogens is 2. The molecule has 0 atom stereocenters. The third-order valence-electron chi connectivity index (χ3n) is 3.75. The van der Waals surface area contributed by atoms with E-state index in [1.807, 2.05) is 10.9 Å². The highest BCUT2D eigenvalue weighted by Gasteiger charge is 2.27. The minimum absolute atomic E-state index is 0.0789. The molecule has 1 aliphatic carbocycles. The van der Waals surface area contributed by atoms with E-state index in [0.717, 1.165) is 6.54 Å². The van der Waals surface area contributed by atoms with Gasteiger partial charge in [0.15, 0.2) is 0 Å². The van der Waals surface area contributed by atoms with Crippen molar-refractivity contribution in [2.45, 2.75) is 71.0 Å². The molecule has 0 aromatic carbocycles. The molecule has 3 heteroatoms. The average Bonchev–Trinajstić information content (AvgIpc) is 2.83. The first kappa shape index (κ1) is 12.6. The van der Waals surface area contributed by atoms with E-state index >= 15 is 0 Å². The molecule has 1 aliphatic rings. The number of hydrogen-bond acceptors (Lipinski definition) is 2. The van der Waals surface area contributed by atoms with E-state index in [-0.39, 0.29) is 5.54 Å². The summed E-state index contributed by atoms with van der Waals surface area (Å²) >= 11 is 0. The van der Waals surface area contributed by atoms with Crippen LogP contribution in [-0.4, -0.2) is 15.3 Å². The Morgan fingerprint density at radius 3 is 2.53 bits per heavy atom. The van der Waals surface area contributed by atoms with Gasteiger partial charge in [0, 0.05) is 23.8 Å². The molecule has 0 unspecified atom stereocenters. The van der Waals surface area contributed by atoms with Gasteiger partial charge in [-0.1, -0.05) is 12.8 Å². The summed E-state index contributed by atoms with van der Waals surface area (Å²) in [6.45, 7) is 9.81. The second kappa shape index (κ2) is 4.45. The Bertz CT molecular complexity index is 367. The summed E-state index contributed by atoms with van der Waals surface area (Å²) in [5.41, 5.74) is 1.72. The molecular formula is C14H25N3. The lowest BCUT2D eigenvalue weighted by Crippen LogP contribution is -2.38. The maximum atomic E-state index is 4.43. The maximum Gasteiger partial charge on any atom is 0.0543 e. The summed E-state index contributed by atoms with van der Waals surface area (Å²) in [5, 5.41) is 8.12. The van der Waals surface area contributed by atoms with Gasteiger partial charge in [0.25, 0.3) is 0 Å². The van der Waals surface area contributed by atoms with Crippen LogP contribution in [0.1, 0.15) is 58.9 Å². The van der Waals surface area contributed by atoms with Gasteiger partial charge in [-0.2, -0.15) is 5.10 Å². The van der Waals surface area contributed by atoms with Crippen molar-refractivity contribution >= 4 is 0 Å². The minimum atomic E-state index is 0.0789. The Labute approximate surface area is 105 Å². The van der Waals surface area contributed by atoms with E-state index in [2.05, 4.69) is 44.3 Å². The highest BCUT2D eigenvalue weighted by molar-refractivity contribution is 5.06. The second-order valence-electron chi connectivity index (χ2n) is 6.59. The van der Waals surface area contributed by atoms with E-state index in [0.29, 0.717) is 5.54 Å². The van der Waals surface area contributed by atoms with Crippen LogP contribution in [-0.2, 0) is 12.1 Å². The van der Waals surface area contributed by atoms with Crippen LogP contribution in [0, 0.1) is 0 Å². The van der Waals surface area contributed by atoms with Gasteiger partial charge in [0.1, 0.15) is 0 Å². The summed E-state index contributed by atoms with van der Waals surface area (Å²) < 4.78 is 2.04. The van der Waals surface area contributed by atoms with Crippen LogP contribution < -0.4 is 5.32 Å². The summed E-state index contributed by atoms with van der Waals surface area (Å²) in [6, 6.07) is 0. The van der Waals surface area contributed by atoms with Gasteiger partial charge in [0.2, 0.25) is 0 Å². The number of hydrogen-bond donors (Lipinski definition) is 1.